The molecule has 0 saturated carbocycles. The number of carbonyl (C=O) groups excluding carboxylic acids is 5. The average Bonchev–Trinajstić information content (AvgIpc) is 1.53. The number of phenols is 1. The maximum absolute atomic E-state index is 14.0. The van der Waals surface area contributed by atoms with Gasteiger partial charge in [0.25, 0.3) is 0 Å². The summed E-state index contributed by atoms with van der Waals surface area (Å²) in [5, 5.41) is 11.9. The highest BCUT2D eigenvalue weighted by molar-refractivity contribution is 6.03. The molecule has 32 nitrogen and oxygen atoms in total. The number of phenolic OH excluding ortho intramolecular Hbond substituents is 1. The minimum atomic E-state index is -0.754. The van der Waals surface area contributed by atoms with E-state index in [9.17, 15) is 29.1 Å². The summed E-state index contributed by atoms with van der Waals surface area (Å²) in [6, 6.07) is 33.7. The first kappa shape index (κ1) is 87.6. The normalized spacial score (nSPS) is 18.8. The van der Waals surface area contributed by atoms with Gasteiger partial charge in [-0.3, -0.25) is 14.7 Å². The molecule has 6 atom stereocenters. The molecule has 0 saturated heterocycles. The predicted molar refractivity (Wildman–Crippen MR) is 476 cm³/mol. The van der Waals surface area contributed by atoms with E-state index in [2.05, 4.69) is 14.7 Å². The smallest absolute Gasteiger partial charge is 0.419 e. The summed E-state index contributed by atoms with van der Waals surface area (Å²) in [5.74, 6) is 6.02. The van der Waals surface area contributed by atoms with E-state index in [1.54, 1.807) is 80.0 Å². The fourth-order valence-electron chi connectivity index (χ4n) is 19.9. The molecule has 2 aromatic heterocycles. The second-order valence-electron chi connectivity index (χ2n) is 34.6. The number of methoxy groups -OCH3 is 10. The highest BCUT2D eigenvalue weighted by Gasteiger charge is 2.53. The summed E-state index contributed by atoms with van der Waals surface area (Å²) in [4.78, 5) is 74.4. The maximum Gasteiger partial charge on any atom is 0.419 e. The van der Waals surface area contributed by atoms with E-state index in [0.29, 0.717) is 198 Å². The van der Waals surface area contributed by atoms with Crippen molar-refractivity contribution in [2.75, 3.05) is 132 Å². The summed E-state index contributed by atoms with van der Waals surface area (Å²) >= 11 is 0. The van der Waals surface area contributed by atoms with Crippen LogP contribution in [0.15, 0.2) is 115 Å². The second-order valence-corrected chi connectivity index (χ2v) is 34.6. The first-order valence-electron chi connectivity index (χ1n) is 42.7. The maximum atomic E-state index is 14.0. The summed E-state index contributed by atoms with van der Waals surface area (Å²) in [6.45, 7) is 12.9. The number of carbonyl (C=O) groups is 5. The number of fused-ring (bicyclic) bond motifs is 11. The number of hydrogen-bond acceptors (Lipinski definition) is 30. The fourth-order valence-corrected chi connectivity index (χ4v) is 19.9. The Bertz CT molecular complexity index is 6510. The van der Waals surface area contributed by atoms with Gasteiger partial charge in [-0.15, -0.1) is 0 Å². The van der Waals surface area contributed by atoms with Crippen LogP contribution in [0.2, 0.25) is 0 Å². The first-order valence-corrected chi connectivity index (χ1v) is 42.7. The molecule has 0 unspecified atom stereocenters. The fraction of sp³-hybridized carbons (Fsp3) is 0.364. The van der Waals surface area contributed by atoms with Gasteiger partial charge in [0.15, 0.2) is 69.0 Å². The van der Waals surface area contributed by atoms with Gasteiger partial charge in [0.2, 0.25) is 37.6 Å². The predicted octanol–water partition coefficient (Wildman–Crippen LogP) is 16.8. The summed E-state index contributed by atoms with van der Waals surface area (Å²) in [7, 11) is 21.4. The summed E-state index contributed by atoms with van der Waals surface area (Å²) in [5.41, 5.74) is 12.3. The van der Waals surface area contributed by atoms with E-state index in [0.717, 1.165) is 55.3 Å². The molecule has 0 spiro atoms. The van der Waals surface area contributed by atoms with Crippen LogP contribution >= 0.6 is 0 Å². The summed E-state index contributed by atoms with van der Waals surface area (Å²) < 4.78 is 126. The molecule has 9 aromatic carbocycles. The molecule has 0 fully saturated rings. The molecule has 1 N–H and O–H groups in total. The third-order valence-corrected chi connectivity index (χ3v) is 25.2. The van der Waals surface area contributed by atoms with Gasteiger partial charge in [0.05, 0.1) is 112 Å². The Morgan fingerprint density at radius 3 is 1.09 bits per heavy atom. The number of rotatable bonds is 16. The zero-order valence-corrected chi connectivity index (χ0v) is 76.1. The van der Waals surface area contributed by atoms with Crippen molar-refractivity contribution in [3.63, 3.8) is 0 Å². The number of aromatic nitrogens is 2. The number of benzene rings is 9. The van der Waals surface area contributed by atoms with Crippen molar-refractivity contribution in [2.24, 2.45) is 0 Å². The van der Waals surface area contributed by atoms with Crippen LogP contribution in [-0.2, 0) is 42.9 Å². The molecule has 9 aliphatic rings. The number of ether oxygens (including phenoxy) is 21. The monoisotopic (exact) mass is 1790 g/mol. The van der Waals surface area contributed by atoms with Gasteiger partial charge in [-0.25, -0.2) is 33.1 Å². The highest BCUT2D eigenvalue weighted by Crippen LogP contribution is 2.64. The van der Waals surface area contributed by atoms with E-state index < -0.39 is 71.7 Å². The van der Waals surface area contributed by atoms with Crippen molar-refractivity contribution >= 4 is 51.9 Å². The van der Waals surface area contributed by atoms with Crippen molar-refractivity contribution in [3.05, 3.63) is 182 Å². The molecular weight excluding hydrogens is 1690 g/mol. The molecule has 11 heterocycles. The lowest BCUT2D eigenvalue weighted by Gasteiger charge is -2.39. The zero-order valence-electron chi connectivity index (χ0n) is 76.1. The van der Waals surface area contributed by atoms with Crippen LogP contribution in [0, 0.1) is 0 Å². The van der Waals surface area contributed by atoms with E-state index in [-0.39, 0.29) is 32.2 Å². The van der Waals surface area contributed by atoms with Gasteiger partial charge in [0, 0.05) is 80.5 Å². The second kappa shape index (κ2) is 34.1. The van der Waals surface area contributed by atoms with Crippen LogP contribution in [0.1, 0.15) is 159 Å². The van der Waals surface area contributed by atoms with E-state index in [4.69, 9.17) is 99.5 Å². The zero-order chi connectivity index (χ0) is 92.4. The average molecular weight is 1790 g/mol. The molecule has 20 rings (SSSR count). The van der Waals surface area contributed by atoms with Gasteiger partial charge in [-0.2, -0.15) is 0 Å². The molecule has 0 aliphatic carbocycles. The Morgan fingerprint density at radius 2 is 0.725 bits per heavy atom. The van der Waals surface area contributed by atoms with Crippen LogP contribution in [-0.4, -0.2) is 202 Å². The molecule has 9 aliphatic heterocycles. The SMILES string of the molecule is COc1ccc2c(c1)cc(-c1c3c(c(OC)c4c1OCO4)[C@H]([C@H]1OC(=O)c4c1ccc(OC)c4OC)N(C)CC3)n2C(=O)OC(C)(C)C.COc1ccc2c(c1OC)C(=O)O[C@@H]2[C@H]1c2c(c(-c3cc4ccccc4n3C(=O)OC(C)(C)C)c3c(c2OC)OCO3)CCN1C.COc1ccc2c(c1OC)C(=O)O[C@@H]2[C@H]1c2c(c(-c3cccc(O)c3)c3c(c2OC)OCO3)CCN1C. The van der Waals surface area contributed by atoms with Crippen LogP contribution in [0.3, 0.4) is 0 Å². The Labute approximate surface area is 754 Å². The Kier molecular flexibility index (Phi) is 22.8. The largest absolute Gasteiger partial charge is 0.508 e. The molecule has 131 heavy (non-hydrogen) atoms. The topological polar surface area (TPSA) is 319 Å². The number of hydrogen-bond donors (Lipinski definition) is 1. The number of likely N-dealkylation sites (N-methyl/N-ethyl adjacent to an activating group) is 3. The quantitative estimate of drug-likeness (QED) is 0.0694. The highest BCUT2D eigenvalue weighted by atomic mass is 16.7. The Balaban J connectivity index is 0.000000133. The molecule has 0 amide bonds. The first-order chi connectivity index (χ1) is 63.1. The number of aromatic hydroxyl groups is 1. The minimum Gasteiger partial charge on any atom is -0.508 e. The molecule has 0 radical (unpaired) electrons. The molecule has 0 bridgehead atoms. The third kappa shape index (κ3) is 14.5. The molecular formula is C99H101N5O27. The Hall–Kier alpha value is -14.1. The van der Waals surface area contributed by atoms with Gasteiger partial charge in [-0.1, -0.05) is 48.5 Å². The number of nitrogens with zero attached hydrogens (tertiary/aromatic N) is 5. The molecule has 11 aromatic rings. The van der Waals surface area contributed by atoms with Gasteiger partial charge in [-0.05, 0) is 171 Å². The third-order valence-electron chi connectivity index (χ3n) is 25.2. The van der Waals surface area contributed by atoms with Crippen LogP contribution < -0.4 is 75.8 Å². The van der Waals surface area contributed by atoms with Crippen LogP contribution in [0.4, 0.5) is 9.59 Å². The standard InChI is InChI=1S/C36H38N2O10.C35H36N2O9.C28H27NO8/c1-36(2,3)48-35(40)38-22-11-9-19(41-5)15-18(22)16-23(38)25-20-13-14-37(4)28(26(20)31(44-8)33-32(25)45-17-46-33)29-21-10-12-24(42-6)30(43-7)27(21)34(39)47-29;1-35(2,3)46-34(39)37-21-11-9-8-10-18(21)16-22(37)24-19-14-15-36(4)27(25(19)30(42-7)32-31(24)43-17-44-32)28-20-12-13-23(40-5)29(41-6)26(20)33(38)45-28;1-29-11-10-16-19(14-6-5-7-15(30)12-14)26-27(36-13-35-26)25(34-4)20(16)22(29)23-17-8-9-18(32-2)24(33-3)21(17)28(31)37-23/h9-12,15-16,28-29H,13-14,17H2,1-8H3;8-13,16,27-28H,14-15,17H2,1-7H3;5-9,12,22-23,30H,10-11,13H2,1-4H3/t28-,29+;27-,28+;22-,23+/m111/s1. The van der Waals surface area contributed by atoms with E-state index in [1.165, 1.54) is 42.7 Å². The minimum absolute atomic E-state index is 0.0208. The van der Waals surface area contributed by atoms with Gasteiger partial charge >= 0.3 is 30.1 Å². The van der Waals surface area contributed by atoms with Crippen molar-refractivity contribution in [2.45, 2.75) is 108 Å². The number of para-hydroxylation sites is 1. The van der Waals surface area contributed by atoms with Crippen molar-refractivity contribution in [1.29, 1.82) is 0 Å². The lowest BCUT2D eigenvalue weighted by Crippen LogP contribution is -2.36. The lowest BCUT2D eigenvalue weighted by atomic mass is 9.81. The molecule has 684 valence electrons. The van der Waals surface area contributed by atoms with Crippen molar-refractivity contribution < 1.29 is 129 Å². The van der Waals surface area contributed by atoms with E-state index in [1.807, 2.05) is 135 Å². The van der Waals surface area contributed by atoms with Crippen molar-refractivity contribution in [1.82, 2.24) is 23.8 Å². The van der Waals surface area contributed by atoms with Gasteiger partial charge in [0.1, 0.15) is 57.7 Å². The van der Waals surface area contributed by atoms with Gasteiger partial charge < -0.3 is 105 Å². The number of esters is 3. The van der Waals surface area contributed by atoms with E-state index >= 15 is 0 Å². The van der Waals surface area contributed by atoms with Crippen molar-refractivity contribution in [3.8, 4) is 131 Å². The van der Waals surface area contributed by atoms with Crippen LogP contribution in [0.25, 0.3) is 55.4 Å². The Morgan fingerprint density at radius 1 is 0.366 bits per heavy atom. The summed E-state index contributed by atoms with van der Waals surface area (Å²) in [6.07, 6.45) is -1.24. The molecule has 32 heteroatoms. The lowest BCUT2D eigenvalue weighted by molar-refractivity contribution is 0.00809. The number of cyclic esters (lactones) is 3. The van der Waals surface area contributed by atoms with Crippen LogP contribution in [0.5, 0.6) is 97.7 Å².